The van der Waals surface area contributed by atoms with Crippen molar-refractivity contribution in [3.05, 3.63) is 35.4 Å². The molecule has 1 aliphatic rings. The summed E-state index contributed by atoms with van der Waals surface area (Å²) in [4.78, 5) is 25.3. The van der Waals surface area contributed by atoms with E-state index in [9.17, 15) is 18.4 Å². The van der Waals surface area contributed by atoms with Crippen LogP contribution in [0.2, 0.25) is 0 Å². The Kier molecular flexibility index (Phi) is 4.01. The summed E-state index contributed by atoms with van der Waals surface area (Å²) in [7, 11) is 0. The van der Waals surface area contributed by atoms with Crippen molar-refractivity contribution in [1.82, 2.24) is 10.2 Å². The molecular weight excluding hydrogens is 266 g/mol. The van der Waals surface area contributed by atoms with Crippen LogP contribution in [-0.4, -0.2) is 28.8 Å². The normalized spacial score (nSPS) is 22.9. The van der Waals surface area contributed by atoms with E-state index in [4.69, 9.17) is 0 Å². The van der Waals surface area contributed by atoms with Gasteiger partial charge in [0.05, 0.1) is 0 Å². The summed E-state index contributed by atoms with van der Waals surface area (Å²) in [5.41, 5.74) is 0.326. The van der Waals surface area contributed by atoms with Crippen LogP contribution in [0.4, 0.5) is 8.78 Å². The molecule has 0 aliphatic carbocycles. The molecule has 2 rings (SSSR count). The third-order valence-corrected chi connectivity index (χ3v) is 3.43. The summed E-state index contributed by atoms with van der Waals surface area (Å²) in [5.74, 6) is -1.89. The first-order chi connectivity index (χ1) is 9.42. The Labute approximate surface area is 115 Å². The fourth-order valence-corrected chi connectivity index (χ4v) is 2.28. The summed E-state index contributed by atoms with van der Waals surface area (Å²) in [6, 6.07) is 1.87. The number of nitrogens with zero attached hydrogens (tertiary/aromatic N) is 1. The van der Waals surface area contributed by atoms with Crippen molar-refractivity contribution < 1.29 is 18.4 Å². The van der Waals surface area contributed by atoms with Crippen LogP contribution in [-0.2, 0) is 16.1 Å². The monoisotopic (exact) mass is 282 g/mol. The predicted molar refractivity (Wildman–Crippen MR) is 68.6 cm³/mol. The molecule has 0 bridgehead atoms. The van der Waals surface area contributed by atoms with Crippen molar-refractivity contribution in [1.29, 1.82) is 0 Å². The van der Waals surface area contributed by atoms with Gasteiger partial charge in [0.1, 0.15) is 23.7 Å². The first kappa shape index (κ1) is 14.4. The molecule has 2 amide bonds. The van der Waals surface area contributed by atoms with E-state index in [1.165, 1.54) is 4.90 Å². The van der Waals surface area contributed by atoms with Gasteiger partial charge in [-0.15, -0.1) is 0 Å². The maximum atomic E-state index is 13.2. The first-order valence-corrected chi connectivity index (χ1v) is 6.48. The maximum absolute atomic E-state index is 13.2. The lowest BCUT2D eigenvalue weighted by Gasteiger charge is -2.37. The van der Waals surface area contributed by atoms with Gasteiger partial charge in [0.2, 0.25) is 11.8 Å². The Balaban J connectivity index is 2.25. The minimum Gasteiger partial charge on any atom is -0.343 e. The number of nitrogens with one attached hydrogen (secondary N) is 1. The molecule has 0 spiro atoms. The van der Waals surface area contributed by atoms with Crippen LogP contribution in [0.3, 0.4) is 0 Å². The van der Waals surface area contributed by atoms with Crippen molar-refractivity contribution >= 4 is 11.8 Å². The summed E-state index contributed by atoms with van der Waals surface area (Å²) < 4.78 is 26.3. The van der Waals surface area contributed by atoms with Crippen LogP contribution in [0.1, 0.15) is 25.8 Å². The molecule has 1 fully saturated rings. The number of benzene rings is 1. The second kappa shape index (κ2) is 5.56. The Hall–Kier alpha value is -1.98. The molecule has 2 unspecified atom stereocenters. The van der Waals surface area contributed by atoms with Crippen LogP contribution < -0.4 is 5.32 Å². The van der Waals surface area contributed by atoms with E-state index in [0.29, 0.717) is 12.0 Å². The Bertz CT molecular complexity index is 528. The Morgan fingerprint density at radius 2 is 1.80 bits per heavy atom. The fraction of sp³-hybridized carbons (Fsp3) is 0.429. The predicted octanol–water partition coefficient (Wildman–Crippen LogP) is 1.59. The average molecular weight is 282 g/mol. The van der Waals surface area contributed by atoms with Crippen LogP contribution >= 0.6 is 0 Å². The van der Waals surface area contributed by atoms with E-state index in [1.807, 2.05) is 0 Å². The van der Waals surface area contributed by atoms with Gasteiger partial charge >= 0.3 is 0 Å². The van der Waals surface area contributed by atoms with Gasteiger partial charge in [0, 0.05) is 12.6 Å². The summed E-state index contributed by atoms with van der Waals surface area (Å²) >= 11 is 0. The number of amides is 2. The molecular formula is C14H16F2N2O2. The topological polar surface area (TPSA) is 49.4 Å². The minimum atomic E-state index is -0.700. The lowest BCUT2D eigenvalue weighted by atomic mass is 10.0. The van der Waals surface area contributed by atoms with E-state index >= 15 is 0 Å². The third kappa shape index (κ3) is 2.79. The van der Waals surface area contributed by atoms with Crippen molar-refractivity contribution in [3.63, 3.8) is 0 Å². The molecule has 1 aromatic rings. The molecule has 0 radical (unpaired) electrons. The van der Waals surface area contributed by atoms with Crippen LogP contribution in [0, 0.1) is 11.6 Å². The lowest BCUT2D eigenvalue weighted by molar-refractivity contribution is -0.149. The van der Waals surface area contributed by atoms with Crippen LogP contribution in [0.15, 0.2) is 18.2 Å². The molecule has 108 valence electrons. The zero-order valence-corrected chi connectivity index (χ0v) is 11.3. The average Bonchev–Trinajstić information content (AvgIpc) is 2.38. The summed E-state index contributed by atoms with van der Waals surface area (Å²) in [5, 5.41) is 2.63. The molecule has 1 aromatic carbocycles. The van der Waals surface area contributed by atoms with Crippen molar-refractivity contribution in [2.24, 2.45) is 0 Å². The number of carbonyl (C=O) groups excluding carboxylic acids is 2. The molecule has 0 saturated carbocycles. The van der Waals surface area contributed by atoms with Gasteiger partial charge in [-0.05, 0) is 31.0 Å². The zero-order valence-electron chi connectivity index (χ0n) is 11.3. The number of carbonyl (C=O) groups is 2. The van der Waals surface area contributed by atoms with E-state index < -0.39 is 23.7 Å². The quantitative estimate of drug-likeness (QED) is 0.915. The van der Waals surface area contributed by atoms with Crippen LogP contribution in [0.5, 0.6) is 0 Å². The standard InChI is InChI=1S/C14H16F2N2O2/c1-3-12-14(20)18(8(2)13(19)17-12)7-9-4-10(15)6-11(16)5-9/h4-6,8,12H,3,7H2,1-2H3,(H,17,19). The number of halogens is 2. The van der Waals surface area contributed by atoms with E-state index in [-0.39, 0.29) is 18.4 Å². The fourth-order valence-electron chi connectivity index (χ4n) is 2.28. The molecule has 2 atom stereocenters. The molecule has 1 saturated heterocycles. The van der Waals surface area contributed by atoms with Crippen LogP contribution in [0.25, 0.3) is 0 Å². The highest BCUT2D eigenvalue weighted by Crippen LogP contribution is 2.17. The molecule has 6 heteroatoms. The zero-order chi connectivity index (χ0) is 14.9. The molecule has 0 aromatic heterocycles. The second-order valence-electron chi connectivity index (χ2n) is 4.89. The highest BCUT2D eigenvalue weighted by atomic mass is 19.1. The van der Waals surface area contributed by atoms with Gasteiger partial charge < -0.3 is 10.2 Å². The van der Waals surface area contributed by atoms with Gasteiger partial charge in [-0.2, -0.15) is 0 Å². The van der Waals surface area contributed by atoms with Gasteiger partial charge in [-0.1, -0.05) is 6.92 Å². The highest BCUT2D eigenvalue weighted by Gasteiger charge is 2.37. The molecule has 1 N–H and O–H groups in total. The SMILES string of the molecule is CCC1NC(=O)C(C)N(Cc2cc(F)cc(F)c2)C1=O. The van der Waals surface area contributed by atoms with Gasteiger partial charge in [-0.3, -0.25) is 9.59 Å². The summed E-state index contributed by atoms with van der Waals surface area (Å²) in [6.45, 7) is 3.40. The summed E-state index contributed by atoms with van der Waals surface area (Å²) in [6.07, 6.45) is 0.477. The number of hydrogen-bond donors (Lipinski definition) is 1. The molecule has 4 nitrogen and oxygen atoms in total. The third-order valence-electron chi connectivity index (χ3n) is 3.43. The number of rotatable bonds is 3. The van der Waals surface area contributed by atoms with Crippen molar-refractivity contribution in [2.45, 2.75) is 38.9 Å². The minimum absolute atomic E-state index is 0.0125. The Morgan fingerprint density at radius 3 is 2.35 bits per heavy atom. The molecule has 1 aliphatic heterocycles. The second-order valence-corrected chi connectivity index (χ2v) is 4.89. The number of piperazine rings is 1. The largest absolute Gasteiger partial charge is 0.343 e. The first-order valence-electron chi connectivity index (χ1n) is 6.48. The van der Waals surface area contributed by atoms with E-state index in [2.05, 4.69) is 5.32 Å². The molecule has 20 heavy (non-hydrogen) atoms. The van der Waals surface area contributed by atoms with E-state index in [0.717, 1.165) is 18.2 Å². The van der Waals surface area contributed by atoms with Crippen molar-refractivity contribution in [3.8, 4) is 0 Å². The maximum Gasteiger partial charge on any atom is 0.246 e. The number of hydrogen-bond acceptors (Lipinski definition) is 2. The smallest absolute Gasteiger partial charge is 0.246 e. The highest BCUT2D eigenvalue weighted by molar-refractivity contribution is 5.96. The Morgan fingerprint density at radius 1 is 1.20 bits per heavy atom. The van der Waals surface area contributed by atoms with Gasteiger partial charge in [-0.25, -0.2) is 8.78 Å². The lowest BCUT2D eigenvalue weighted by Crippen LogP contribution is -2.61. The van der Waals surface area contributed by atoms with Gasteiger partial charge in [0.25, 0.3) is 0 Å². The van der Waals surface area contributed by atoms with E-state index in [1.54, 1.807) is 13.8 Å². The van der Waals surface area contributed by atoms with Gasteiger partial charge in [0.15, 0.2) is 0 Å². The van der Waals surface area contributed by atoms with Crippen molar-refractivity contribution in [2.75, 3.05) is 0 Å². The molecule has 1 heterocycles.